The lowest BCUT2D eigenvalue weighted by atomic mass is 10.1. The van der Waals surface area contributed by atoms with E-state index in [0.29, 0.717) is 10.9 Å². The summed E-state index contributed by atoms with van der Waals surface area (Å²) >= 11 is 1.31. The van der Waals surface area contributed by atoms with Gasteiger partial charge in [-0.15, -0.1) is 11.3 Å². The number of carboxylic acid groups (broad SMARTS) is 1. The van der Waals surface area contributed by atoms with Crippen LogP contribution < -0.4 is 5.32 Å². The number of aromatic carboxylic acids is 1. The molecule has 1 aliphatic carbocycles. The molecular formula is C12H15NO3S. The van der Waals surface area contributed by atoms with Crippen LogP contribution in [0.2, 0.25) is 0 Å². The molecule has 0 spiro atoms. The lowest BCUT2D eigenvalue weighted by Gasteiger charge is -2.10. The van der Waals surface area contributed by atoms with E-state index in [1.807, 2.05) is 13.8 Å². The molecule has 0 aromatic carbocycles. The second kappa shape index (κ2) is 4.49. The Kier molecular flexibility index (Phi) is 3.19. The molecule has 0 radical (unpaired) electrons. The molecule has 92 valence electrons. The Hall–Kier alpha value is -1.36. The number of thiophene rings is 1. The second-order valence-corrected chi connectivity index (χ2v) is 5.78. The van der Waals surface area contributed by atoms with E-state index in [1.54, 1.807) is 6.07 Å². The zero-order chi connectivity index (χ0) is 12.6. The van der Waals surface area contributed by atoms with E-state index in [0.717, 1.165) is 17.7 Å². The zero-order valence-corrected chi connectivity index (χ0v) is 10.6. The van der Waals surface area contributed by atoms with Crippen LogP contribution in [0.25, 0.3) is 0 Å². The van der Waals surface area contributed by atoms with E-state index in [9.17, 15) is 9.59 Å². The predicted molar refractivity (Wildman–Crippen MR) is 66.5 cm³/mol. The van der Waals surface area contributed by atoms with E-state index in [4.69, 9.17) is 5.11 Å². The van der Waals surface area contributed by atoms with E-state index in [-0.39, 0.29) is 17.4 Å². The average molecular weight is 253 g/mol. The van der Waals surface area contributed by atoms with Crippen molar-refractivity contribution in [2.45, 2.75) is 26.7 Å². The van der Waals surface area contributed by atoms with Crippen molar-refractivity contribution in [3.8, 4) is 0 Å². The smallest absolute Gasteiger partial charge is 0.338 e. The molecule has 1 fully saturated rings. The first kappa shape index (κ1) is 12.1. The highest BCUT2D eigenvalue weighted by atomic mass is 32.1. The summed E-state index contributed by atoms with van der Waals surface area (Å²) in [4.78, 5) is 23.8. The number of aryl methyl sites for hydroxylation is 1. The Labute approximate surface area is 104 Å². The molecule has 4 nitrogen and oxygen atoms in total. The summed E-state index contributed by atoms with van der Waals surface area (Å²) in [6, 6.07) is 1.59. The van der Waals surface area contributed by atoms with Crippen molar-refractivity contribution in [3.05, 3.63) is 16.5 Å². The van der Waals surface area contributed by atoms with Crippen LogP contribution in [0.3, 0.4) is 0 Å². The fourth-order valence-electron chi connectivity index (χ4n) is 1.80. The van der Waals surface area contributed by atoms with Gasteiger partial charge in [-0.3, -0.25) is 4.79 Å². The van der Waals surface area contributed by atoms with Gasteiger partial charge in [0.05, 0.1) is 5.56 Å². The predicted octanol–water partition coefficient (Wildman–Crippen LogP) is 2.74. The first-order valence-electron chi connectivity index (χ1n) is 5.63. The Bertz CT molecular complexity index is 462. The minimum Gasteiger partial charge on any atom is -0.478 e. The Morgan fingerprint density at radius 3 is 2.71 bits per heavy atom. The van der Waals surface area contributed by atoms with Gasteiger partial charge in [-0.2, -0.15) is 0 Å². The maximum absolute atomic E-state index is 11.9. The molecule has 1 saturated carbocycles. The fourth-order valence-corrected chi connectivity index (χ4v) is 2.71. The molecule has 17 heavy (non-hydrogen) atoms. The number of anilines is 1. The number of carboxylic acids is 1. The zero-order valence-electron chi connectivity index (χ0n) is 9.82. The van der Waals surface area contributed by atoms with Crippen LogP contribution in [0.4, 0.5) is 5.00 Å². The summed E-state index contributed by atoms with van der Waals surface area (Å²) in [6.07, 6.45) is 2.20. The van der Waals surface area contributed by atoms with Crippen LogP contribution in [0.5, 0.6) is 0 Å². The van der Waals surface area contributed by atoms with Crippen LogP contribution in [0.1, 0.15) is 35.0 Å². The molecule has 1 heterocycles. The molecule has 0 saturated heterocycles. The van der Waals surface area contributed by atoms with Crippen molar-refractivity contribution in [2.24, 2.45) is 11.8 Å². The summed E-state index contributed by atoms with van der Waals surface area (Å²) < 4.78 is 0. The number of carbonyl (C=O) groups excluding carboxylic acids is 1. The third kappa shape index (κ3) is 2.66. The number of nitrogens with one attached hydrogen (secondary N) is 1. The summed E-state index contributed by atoms with van der Waals surface area (Å²) in [5.74, 6) is -0.621. The maximum atomic E-state index is 11.9. The third-order valence-corrected chi connectivity index (χ3v) is 4.03. The highest BCUT2D eigenvalue weighted by Crippen LogP contribution is 2.37. The molecule has 1 aliphatic rings. The molecule has 0 bridgehead atoms. The average Bonchev–Trinajstić information content (AvgIpc) is 3.02. The van der Waals surface area contributed by atoms with Gasteiger partial charge in [0.25, 0.3) is 0 Å². The number of carbonyl (C=O) groups is 2. The standard InChI is InChI=1S/C12H15NO3S/c1-6-5-9(12(15)16)11(17-6)13-10(14)7(2)8-3-4-8/h5,7-8H,3-4H2,1-2H3,(H,13,14)(H,15,16). The molecule has 1 unspecified atom stereocenters. The van der Waals surface area contributed by atoms with E-state index in [2.05, 4.69) is 5.32 Å². The summed E-state index contributed by atoms with van der Waals surface area (Å²) in [5.41, 5.74) is 0.184. The van der Waals surface area contributed by atoms with Crippen molar-refractivity contribution in [2.75, 3.05) is 5.32 Å². The summed E-state index contributed by atoms with van der Waals surface area (Å²) in [5, 5.41) is 12.2. The van der Waals surface area contributed by atoms with Crippen molar-refractivity contribution in [1.82, 2.24) is 0 Å². The van der Waals surface area contributed by atoms with Gasteiger partial charge < -0.3 is 10.4 Å². The van der Waals surface area contributed by atoms with Crippen LogP contribution in [0.15, 0.2) is 6.07 Å². The largest absolute Gasteiger partial charge is 0.478 e. The molecule has 2 rings (SSSR count). The molecule has 1 atom stereocenters. The van der Waals surface area contributed by atoms with Gasteiger partial charge in [0.15, 0.2) is 0 Å². The number of hydrogen-bond donors (Lipinski definition) is 2. The highest BCUT2D eigenvalue weighted by molar-refractivity contribution is 7.16. The van der Waals surface area contributed by atoms with Crippen LogP contribution in [-0.2, 0) is 4.79 Å². The maximum Gasteiger partial charge on any atom is 0.338 e. The Morgan fingerprint density at radius 1 is 1.53 bits per heavy atom. The van der Waals surface area contributed by atoms with E-state index < -0.39 is 5.97 Å². The second-order valence-electron chi connectivity index (χ2n) is 4.52. The summed E-state index contributed by atoms with van der Waals surface area (Å²) in [7, 11) is 0. The molecule has 2 N–H and O–H groups in total. The molecule has 1 aromatic heterocycles. The van der Waals surface area contributed by atoms with Gasteiger partial charge in [0.2, 0.25) is 5.91 Å². The van der Waals surface area contributed by atoms with E-state index in [1.165, 1.54) is 11.3 Å². The van der Waals surface area contributed by atoms with Gasteiger partial charge in [-0.1, -0.05) is 6.92 Å². The topological polar surface area (TPSA) is 66.4 Å². The lowest BCUT2D eigenvalue weighted by molar-refractivity contribution is -0.119. The highest BCUT2D eigenvalue weighted by Gasteiger charge is 2.33. The van der Waals surface area contributed by atoms with Gasteiger partial charge in [-0.05, 0) is 31.7 Å². The number of hydrogen-bond acceptors (Lipinski definition) is 3. The van der Waals surface area contributed by atoms with Crippen molar-refractivity contribution < 1.29 is 14.7 Å². The van der Waals surface area contributed by atoms with Gasteiger partial charge in [0.1, 0.15) is 5.00 Å². The monoisotopic (exact) mass is 253 g/mol. The van der Waals surface area contributed by atoms with Crippen molar-refractivity contribution in [1.29, 1.82) is 0 Å². The number of amides is 1. The van der Waals surface area contributed by atoms with Crippen molar-refractivity contribution >= 4 is 28.2 Å². The first-order chi connectivity index (χ1) is 7.99. The van der Waals surface area contributed by atoms with Crippen LogP contribution in [-0.4, -0.2) is 17.0 Å². The molecular weight excluding hydrogens is 238 g/mol. The number of rotatable bonds is 4. The van der Waals surface area contributed by atoms with Crippen LogP contribution >= 0.6 is 11.3 Å². The molecule has 1 aromatic rings. The minimum atomic E-state index is -0.997. The van der Waals surface area contributed by atoms with Crippen molar-refractivity contribution in [3.63, 3.8) is 0 Å². The normalized spacial score (nSPS) is 16.6. The van der Waals surface area contributed by atoms with Gasteiger partial charge in [-0.25, -0.2) is 4.79 Å². The van der Waals surface area contributed by atoms with Crippen LogP contribution in [0, 0.1) is 18.8 Å². The Balaban J connectivity index is 2.11. The third-order valence-electron chi connectivity index (χ3n) is 3.07. The molecule has 5 heteroatoms. The quantitative estimate of drug-likeness (QED) is 0.867. The minimum absolute atomic E-state index is 0.0287. The van der Waals surface area contributed by atoms with Gasteiger partial charge >= 0.3 is 5.97 Å². The summed E-state index contributed by atoms with van der Waals surface area (Å²) in [6.45, 7) is 3.73. The van der Waals surface area contributed by atoms with E-state index >= 15 is 0 Å². The van der Waals surface area contributed by atoms with Gasteiger partial charge in [0, 0.05) is 10.8 Å². The lowest BCUT2D eigenvalue weighted by Crippen LogP contribution is -2.22. The fraction of sp³-hybridized carbons (Fsp3) is 0.500. The first-order valence-corrected chi connectivity index (χ1v) is 6.45. The Morgan fingerprint density at radius 2 is 2.18 bits per heavy atom. The molecule has 1 amide bonds. The SMILES string of the molecule is Cc1cc(C(=O)O)c(NC(=O)C(C)C2CC2)s1. The molecule has 0 aliphatic heterocycles.